The Morgan fingerprint density at radius 3 is 2.79 bits per heavy atom. The minimum atomic E-state index is -0.405. The largest absolute Gasteiger partial charge is 0.497 e. The molecule has 2 atom stereocenters. The zero-order valence-electron chi connectivity index (χ0n) is 11.1. The maximum absolute atomic E-state index is 11.8. The molecule has 0 unspecified atom stereocenters. The average molecular weight is 264 g/mol. The van der Waals surface area contributed by atoms with Crippen LogP contribution in [0.5, 0.6) is 5.75 Å². The molecule has 1 fully saturated rings. The van der Waals surface area contributed by atoms with E-state index >= 15 is 0 Å². The number of aliphatic hydroxyl groups is 1. The maximum Gasteiger partial charge on any atom is 0.237 e. The second-order valence-electron chi connectivity index (χ2n) is 4.74. The van der Waals surface area contributed by atoms with Crippen LogP contribution in [0.3, 0.4) is 0 Å². The highest BCUT2D eigenvalue weighted by Crippen LogP contribution is 2.11. The minimum absolute atomic E-state index is 0.0370. The highest BCUT2D eigenvalue weighted by Gasteiger charge is 2.27. The predicted octanol–water partition coefficient (Wildman–Crippen LogP) is 0.0767. The van der Waals surface area contributed by atoms with Crippen molar-refractivity contribution in [1.82, 2.24) is 10.6 Å². The smallest absolute Gasteiger partial charge is 0.237 e. The lowest BCUT2D eigenvalue weighted by Crippen LogP contribution is -2.41. The number of aliphatic hydroxyl groups excluding tert-OH is 1. The molecule has 19 heavy (non-hydrogen) atoms. The summed E-state index contributed by atoms with van der Waals surface area (Å²) in [6.07, 6.45) is 0.872. The Hall–Kier alpha value is -1.59. The van der Waals surface area contributed by atoms with E-state index in [1.54, 1.807) is 7.11 Å². The van der Waals surface area contributed by atoms with Crippen LogP contribution in [0.4, 0.5) is 0 Å². The fraction of sp³-hybridized carbons (Fsp3) is 0.500. The summed E-state index contributed by atoms with van der Waals surface area (Å²) in [6.45, 7) is 1.09. The van der Waals surface area contributed by atoms with Crippen LogP contribution in [-0.2, 0) is 11.2 Å². The van der Waals surface area contributed by atoms with Crippen molar-refractivity contribution in [1.29, 1.82) is 0 Å². The van der Waals surface area contributed by atoms with Gasteiger partial charge < -0.3 is 20.5 Å². The number of hydrogen-bond donors (Lipinski definition) is 3. The van der Waals surface area contributed by atoms with Crippen LogP contribution in [0.2, 0.25) is 0 Å². The van der Waals surface area contributed by atoms with Gasteiger partial charge in [-0.25, -0.2) is 0 Å². The molecule has 104 valence electrons. The zero-order chi connectivity index (χ0) is 13.7. The Bertz CT molecular complexity index is 419. The normalized spacial score (nSPS) is 22.2. The molecule has 0 aliphatic carbocycles. The van der Waals surface area contributed by atoms with Gasteiger partial charge in [0.1, 0.15) is 5.75 Å². The van der Waals surface area contributed by atoms with E-state index in [2.05, 4.69) is 10.6 Å². The molecule has 1 aliphatic heterocycles. The molecular formula is C14H20N2O3. The monoisotopic (exact) mass is 264 g/mol. The molecule has 0 aromatic heterocycles. The van der Waals surface area contributed by atoms with Crippen molar-refractivity contribution in [2.75, 3.05) is 20.2 Å². The van der Waals surface area contributed by atoms with E-state index in [9.17, 15) is 9.90 Å². The fourth-order valence-electron chi connectivity index (χ4n) is 2.16. The molecule has 0 radical (unpaired) electrons. The van der Waals surface area contributed by atoms with Gasteiger partial charge in [0, 0.05) is 13.1 Å². The lowest BCUT2D eigenvalue weighted by atomic mass is 10.1. The number of benzene rings is 1. The number of amides is 1. The summed E-state index contributed by atoms with van der Waals surface area (Å²) in [5, 5.41) is 15.2. The van der Waals surface area contributed by atoms with E-state index in [0.29, 0.717) is 19.5 Å². The van der Waals surface area contributed by atoms with Crippen molar-refractivity contribution in [3.63, 3.8) is 0 Å². The van der Waals surface area contributed by atoms with E-state index in [-0.39, 0.29) is 11.9 Å². The van der Waals surface area contributed by atoms with E-state index in [0.717, 1.165) is 17.7 Å². The fourth-order valence-corrected chi connectivity index (χ4v) is 2.16. The molecular weight excluding hydrogens is 244 g/mol. The number of methoxy groups -OCH3 is 1. The van der Waals surface area contributed by atoms with Crippen LogP contribution in [0, 0.1) is 0 Å². The SMILES string of the molecule is COc1ccc(CCNC(=O)[C@H]2C[C@@H](O)CN2)cc1. The quantitative estimate of drug-likeness (QED) is 0.704. The molecule has 2 rings (SSSR count). The summed E-state index contributed by atoms with van der Waals surface area (Å²) in [5.74, 6) is 0.794. The summed E-state index contributed by atoms with van der Waals surface area (Å²) in [7, 11) is 1.64. The Morgan fingerprint density at radius 2 is 2.21 bits per heavy atom. The molecule has 0 saturated carbocycles. The number of carbonyl (C=O) groups excluding carboxylic acids is 1. The summed E-state index contributed by atoms with van der Waals surface area (Å²) >= 11 is 0. The summed E-state index contributed by atoms with van der Waals surface area (Å²) in [6, 6.07) is 7.54. The van der Waals surface area contributed by atoms with Crippen molar-refractivity contribution in [2.45, 2.75) is 25.0 Å². The Morgan fingerprint density at radius 1 is 1.47 bits per heavy atom. The second kappa shape index (κ2) is 6.54. The van der Waals surface area contributed by atoms with Crippen LogP contribution in [0.1, 0.15) is 12.0 Å². The van der Waals surface area contributed by atoms with Gasteiger partial charge in [-0.15, -0.1) is 0 Å². The molecule has 1 amide bonds. The maximum atomic E-state index is 11.8. The van der Waals surface area contributed by atoms with Gasteiger partial charge in [0.15, 0.2) is 0 Å². The summed E-state index contributed by atoms with van der Waals surface area (Å²) in [5.41, 5.74) is 1.15. The number of rotatable bonds is 5. The van der Waals surface area contributed by atoms with Gasteiger partial charge in [-0.1, -0.05) is 12.1 Å². The van der Waals surface area contributed by atoms with E-state index in [1.807, 2.05) is 24.3 Å². The van der Waals surface area contributed by atoms with Crippen LogP contribution < -0.4 is 15.4 Å². The van der Waals surface area contributed by atoms with Crippen LogP contribution >= 0.6 is 0 Å². The van der Waals surface area contributed by atoms with Gasteiger partial charge >= 0.3 is 0 Å². The Kier molecular flexibility index (Phi) is 4.76. The van der Waals surface area contributed by atoms with Gasteiger partial charge in [0.25, 0.3) is 0 Å². The van der Waals surface area contributed by atoms with Crippen molar-refractivity contribution in [3.8, 4) is 5.75 Å². The van der Waals surface area contributed by atoms with Gasteiger partial charge in [-0.3, -0.25) is 4.79 Å². The van der Waals surface area contributed by atoms with Gasteiger partial charge in [0.05, 0.1) is 19.3 Å². The minimum Gasteiger partial charge on any atom is -0.497 e. The molecule has 5 heteroatoms. The van der Waals surface area contributed by atoms with Gasteiger partial charge in [-0.05, 0) is 30.5 Å². The molecule has 3 N–H and O–H groups in total. The lowest BCUT2D eigenvalue weighted by Gasteiger charge is -2.11. The molecule has 1 saturated heterocycles. The highest BCUT2D eigenvalue weighted by molar-refractivity contribution is 5.82. The van der Waals surface area contributed by atoms with E-state index in [4.69, 9.17) is 4.74 Å². The Balaban J connectivity index is 1.72. The van der Waals surface area contributed by atoms with Gasteiger partial charge in [-0.2, -0.15) is 0 Å². The second-order valence-corrected chi connectivity index (χ2v) is 4.74. The molecule has 0 spiro atoms. The number of nitrogens with one attached hydrogen (secondary N) is 2. The third kappa shape index (κ3) is 3.94. The first-order chi connectivity index (χ1) is 9.19. The number of β-amino-alcohol motifs (C(OH)–C–C–N with tert-alkyl or cyclic N) is 1. The summed E-state index contributed by atoms with van der Waals surface area (Å²) < 4.78 is 5.09. The van der Waals surface area contributed by atoms with Crippen molar-refractivity contribution in [3.05, 3.63) is 29.8 Å². The van der Waals surface area contributed by atoms with Crippen molar-refractivity contribution >= 4 is 5.91 Å². The first kappa shape index (κ1) is 13.8. The molecule has 1 aromatic carbocycles. The molecule has 1 aliphatic rings. The Labute approximate surface area is 113 Å². The summed E-state index contributed by atoms with van der Waals surface area (Å²) in [4.78, 5) is 11.8. The third-order valence-electron chi connectivity index (χ3n) is 3.30. The van der Waals surface area contributed by atoms with Gasteiger partial charge in [0.2, 0.25) is 5.91 Å². The lowest BCUT2D eigenvalue weighted by molar-refractivity contribution is -0.122. The van der Waals surface area contributed by atoms with Crippen molar-refractivity contribution < 1.29 is 14.6 Å². The first-order valence-corrected chi connectivity index (χ1v) is 6.51. The van der Waals surface area contributed by atoms with Crippen LogP contribution in [0.15, 0.2) is 24.3 Å². The number of carbonyl (C=O) groups is 1. The molecule has 1 heterocycles. The molecule has 0 bridgehead atoms. The third-order valence-corrected chi connectivity index (χ3v) is 3.30. The molecule has 1 aromatic rings. The van der Waals surface area contributed by atoms with Crippen LogP contribution in [0.25, 0.3) is 0 Å². The van der Waals surface area contributed by atoms with E-state index in [1.165, 1.54) is 0 Å². The number of hydrogen-bond acceptors (Lipinski definition) is 4. The van der Waals surface area contributed by atoms with Crippen molar-refractivity contribution in [2.24, 2.45) is 0 Å². The highest BCUT2D eigenvalue weighted by atomic mass is 16.5. The topological polar surface area (TPSA) is 70.6 Å². The predicted molar refractivity (Wildman–Crippen MR) is 72.1 cm³/mol. The zero-order valence-corrected chi connectivity index (χ0v) is 11.1. The standard InChI is InChI=1S/C14H20N2O3/c1-19-12-4-2-10(3-5-12)6-7-15-14(18)13-8-11(17)9-16-13/h2-5,11,13,16-17H,6-9H2,1H3,(H,15,18)/t11-,13-/m1/s1. The van der Waals surface area contributed by atoms with E-state index < -0.39 is 6.10 Å². The average Bonchev–Trinajstić information content (AvgIpc) is 2.86. The first-order valence-electron chi connectivity index (χ1n) is 6.51. The van der Waals surface area contributed by atoms with Crippen LogP contribution in [-0.4, -0.2) is 43.4 Å². The molecule has 5 nitrogen and oxygen atoms in total. The number of ether oxygens (including phenoxy) is 1.